The van der Waals surface area contributed by atoms with E-state index in [1.165, 1.54) is 57.8 Å². The monoisotopic (exact) mass is 787 g/mol. The van der Waals surface area contributed by atoms with Gasteiger partial charge in [0.2, 0.25) is 0 Å². The number of carbonyl (C=O) groups excluding carboxylic acids is 2. The van der Waals surface area contributed by atoms with Crippen LogP contribution in [0.4, 0.5) is 0 Å². The quantitative estimate of drug-likeness (QED) is 0.0203. The summed E-state index contributed by atoms with van der Waals surface area (Å²) in [5.41, 5.74) is 0. The molecule has 1 unspecified atom stereocenters. The molecule has 0 aliphatic rings. The standard InChI is InChI=1S/C42H75O11P/c1-2-3-4-5-6-7-8-14-18-21-24-27-30-33-42(47)53-40(38-52-54(48,49)51-36-39(45)35-44)37-50-41(46)32-29-26-23-20-17-15-12-10-9-11-13-16-19-22-25-28-31-34-43/h9,11-12,15-16,19-20,23,39-40,43-45H,2-8,10,13-14,17-18,21-22,24-38H2,1H3,(H,48,49)/b11-9-,15-12-,19-16-,23-20-/t39-,40+/m0/s1. The molecule has 0 fully saturated rings. The third-order valence-electron chi connectivity index (χ3n) is 8.54. The van der Waals surface area contributed by atoms with Gasteiger partial charge in [0.15, 0.2) is 6.10 Å². The van der Waals surface area contributed by atoms with Crippen molar-refractivity contribution in [1.29, 1.82) is 0 Å². The fourth-order valence-electron chi connectivity index (χ4n) is 5.32. The molecule has 0 saturated heterocycles. The Bertz CT molecular complexity index is 1040. The first-order valence-electron chi connectivity index (χ1n) is 20.7. The van der Waals surface area contributed by atoms with Crippen molar-refractivity contribution in [2.75, 3.05) is 33.0 Å². The summed E-state index contributed by atoms with van der Waals surface area (Å²) in [7, 11) is -4.63. The summed E-state index contributed by atoms with van der Waals surface area (Å²) < 4.78 is 32.6. The fourth-order valence-corrected chi connectivity index (χ4v) is 6.11. The Kier molecular flexibility index (Phi) is 37.6. The van der Waals surface area contributed by atoms with Crippen molar-refractivity contribution < 1.29 is 52.9 Å². The Morgan fingerprint density at radius 1 is 0.574 bits per heavy atom. The number of unbranched alkanes of at least 4 members (excludes halogenated alkanes) is 16. The summed E-state index contributed by atoms with van der Waals surface area (Å²) in [5.74, 6) is -1.00. The number of hydrogen-bond donors (Lipinski definition) is 4. The first-order chi connectivity index (χ1) is 26.2. The van der Waals surface area contributed by atoms with Crippen molar-refractivity contribution in [2.24, 2.45) is 0 Å². The second kappa shape index (κ2) is 39.1. The lowest BCUT2D eigenvalue weighted by Gasteiger charge is -2.20. The first-order valence-corrected chi connectivity index (χ1v) is 22.2. The molecule has 0 aromatic rings. The Morgan fingerprint density at radius 3 is 1.57 bits per heavy atom. The van der Waals surface area contributed by atoms with Crippen LogP contribution in [0.3, 0.4) is 0 Å². The molecular formula is C42H75O11P. The zero-order chi connectivity index (χ0) is 39.8. The minimum atomic E-state index is -4.63. The lowest BCUT2D eigenvalue weighted by atomic mass is 10.0. The number of rotatable bonds is 39. The Hall–Kier alpha value is -2.11. The van der Waals surface area contributed by atoms with E-state index < -0.39 is 51.8 Å². The van der Waals surface area contributed by atoms with Gasteiger partial charge in [0.25, 0.3) is 0 Å². The largest absolute Gasteiger partial charge is 0.472 e. The highest BCUT2D eigenvalue weighted by Gasteiger charge is 2.27. The van der Waals surface area contributed by atoms with Gasteiger partial charge in [0, 0.05) is 19.4 Å². The minimum Gasteiger partial charge on any atom is -0.462 e. The van der Waals surface area contributed by atoms with Crippen LogP contribution in [0.15, 0.2) is 48.6 Å². The number of ether oxygens (including phenoxy) is 2. The van der Waals surface area contributed by atoms with Gasteiger partial charge in [-0.3, -0.25) is 18.6 Å². The van der Waals surface area contributed by atoms with Crippen molar-refractivity contribution in [3.05, 3.63) is 48.6 Å². The van der Waals surface area contributed by atoms with Crippen LogP contribution in [0, 0.1) is 0 Å². The molecule has 0 heterocycles. The van der Waals surface area contributed by atoms with Crippen LogP contribution < -0.4 is 0 Å². The topological polar surface area (TPSA) is 169 Å². The fraction of sp³-hybridized carbons (Fsp3) is 0.762. The summed E-state index contributed by atoms with van der Waals surface area (Å²) >= 11 is 0. The van der Waals surface area contributed by atoms with Gasteiger partial charge in [-0.2, -0.15) is 0 Å². The summed E-state index contributed by atoms with van der Waals surface area (Å²) in [6, 6.07) is 0. The van der Waals surface area contributed by atoms with Crippen molar-refractivity contribution >= 4 is 19.8 Å². The van der Waals surface area contributed by atoms with Gasteiger partial charge < -0.3 is 29.7 Å². The predicted octanol–water partition coefficient (Wildman–Crippen LogP) is 9.53. The van der Waals surface area contributed by atoms with Gasteiger partial charge in [-0.15, -0.1) is 0 Å². The van der Waals surface area contributed by atoms with Crippen LogP contribution in [0.25, 0.3) is 0 Å². The van der Waals surface area contributed by atoms with Crippen molar-refractivity contribution in [2.45, 2.75) is 173 Å². The van der Waals surface area contributed by atoms with E-state index in [2.05, 4.69) is 47.9 Å². The lowest BCUT2D eigenvalue weighted by molar-refractivity contribution is -0.161. The van der Waals surface area contributed by atoms with E-state index in [4.69, 9.17) is 24.2 Å². The van der Waals surface area contributed by atoms with Gasteiger partial charge in [-0.25, -0.2) is 4.57 Å². The molecule has 0 rings (SSSR count). The number of phosphoric acid groups is 1. The third kappa shape index (κ3) is 38.2. The second-order valence-electron chi connectivity index (χ2n) is 13.7. The number of phosphoric ester groups is 1. The summed E-state index contributed by atoms with van der Waals surface area (Å²) in [5, 5.41) is 27.1. The smallest absolute Gasteiger partial charge is 0.462 e. The van der Waals surface area contributed by atoms with Crippen molar-refractivity contribution in [3.63, 3.8) is 0 Å². The van der Waals surface area contributed by atoms with Crippen molar-refractivity contribution in [1.82, 2.24) is 0 Å². The predicted molar refractivity (Wildman–Crippen MR) is 216 cm³/mol. The summed E-state index contributed by atoms with van der Waals surface area (Å²) in [6.07, 6.45) is 38.1. The van der Waals surface area contributed by atoms with E-state index in [1.807, 2.05) is 12.2 Å². The molecule has 4 N–H and O–H groups in total. The zero-order valence-electron chi connectivity index (χ0n) is 33.4. The van der Waals surface area contributed by atoms with Gasteiger partial charge >= 0.3 is 19.8 Å². The van der Waals surface area contributed by atoms with Crippen LogP contribution in [0.2, 0.25) is 0 Å². The third-order valence-corrected chi connectivity index (χ3v) is 9.49. The van der Waals surface area contributed by atoms with E-state index >= 15 is 0 Å². The number of aliphatic hydroxyl groups is 3. The van der Waals surface area contributed by atoms with E-state index in [9.17, 15) is 24.2 Å². The molecule has 3 atom stereocenters. The van der Waals surface area contributed by atoms with Gasteiger partial charge in [0.1, 0.15) is 12.7 Å². The highest BCUT2D eigenvalue weighted by molar-refractivity contribution is 7.47. The number of esters is 2. The van der Waals surface area contributed by atoms with E-state index in [0.29, 0.717) is 19.3 Å². The molecule has 0 spiro atoms. The number of allylic oxidation sites excluding steroid dienone is 8. The molecule has 0 aliphatic carbocycles. The first kappa shape index (κ1) is 51.9. The van der Waals surface area contributed by atoms with Crippen LogP contribution in [-0.2, 0) is 32.7 Å². The highest BCUT2D eigenvalue weighted by atomic mass is 31.2. The van der Waals surface area contributed by atoms with Gasteiger partial charge in [-0.1, -0.05) is 139 Å². The summed E-state index contributed by atoms with van der Waals surface area (Å²) in [4.78, 5) is 34.9. The van der Waals surface area contributed by atoms with E-state index in [0.717, 1.165) is 64.2 Å². The average Bonchev–Trinajstić information content (AvgIpc) is 3.16. The Morgan fingerprint density at radius 2 is 1.04 bits per heavy atom. The normalized spacial score (nSPS) is 14.4. The molecule has 0 bridgehead atoms. The van der Waals surface area contributed by atoms with Crippen LogP contribution in [0.5, 0.6) is 0 Å². The number of carbonyl (C=O) groups is 2. The second-order valence-corrected chi connectivity index (χ2v) is 15.2. The molecule has 0 aromatic carbocycles. The molecule has 12 heteroatoms. The van der Waals surface area contributed by atoms with E-state index in [-0.39, 0.29) is 26.1 Å². The number of hydrogen-bond acceptors (Lipinski definition) is 10. The van der Waals surface area contributed by atoms with Crippen LogP contribution >= 0.6 is 7.82 Å². The maximum atomic E-state index is 12.6. The molecular weight excluding hydrogens is 711 g/mol. The molecule has 54 heavy (non-hydrogen) atoms. The maximum absolute atomic E-state index is 12.6. The molecule has 0 saturated carbocycles. The van der Waals surface area contributed by atoms with E-state index in [1.54, 1.807) is 0 Å². The molecule has 11 nitrogen and oxygen atoms in total. The average molecular weight is 787 g/mol. The Balaban J connectivity index is 4.40. The van der Waals surface area contributed by atoms with Crippen molar-refractivity contribution in [3.8, 4) is 0 Å². The lowest BCUT2D eigenvalue weighted by Crippen LogP contribution is -2.29. The minimum absolute atomic E-state index is 0.156. The number of aliphatic hydroxyl groups excluding tert-OH is 3. The maximum Gasteiger partial charge on any atom is 0.472 e. The summed E-state index contributed by atoms with van der Waals surface area (Å²) in [6.45, 7) is 0.310. The van der Waals surface area contributed by atoms with Gasteiger partial charge in [0.05, 0.1) is 19.8 Å². The zero-order valence-corrected chi connectivity index (χ0v) is 34.3. The molecule has 0 radical (unpaired) electrons. The molecule has 314 valence electrons. The molecule has 0 amide bonds. The van der Waals surface area contributed by atoms with Crippen LogP contribution in [-0.4, -0.2) is 77.4 Å². The van der Waals surface area contributed by atoms with Crippen LogP contribution in [0.1, 0.15) is 161 Å². The highest BCUT2D eigenvalue weighted by Crippen LogP contribution is 2.43. The SMILES string of the molecule is CCCCCCCCCCCCCCCC(=O)O[C@H](COC(=O)CCC/C=C\C/C=C\C/C=C\C/C=C\CCCCCO)COP(=O)(O)OC[C@@H](O)CO. The Labute approximate surface area is 326 Å². The molecule has 0 aromatic heterocycles. The van der Waals surface area contributed by atoms with Gasteiger partial charge in [-0.05, 0) is 57.8 Å². The molecule has 0 aliphatic heterocycles.